The molecule has 0 spiro atoms. The van der Waals surface area contributed by atoms with Crippen LogP contribution in [0, 0.1) is 23.3 Å². The molecule has 10 N–H and O–H groups in total. The molecule has 3 aliphatic carbocycles. The average Bonchev–Trinajstić information content (AvgIpc) is 2.73. The van der Waals surface area contributed by atoms with E-state index >= 15 is 0 Å². The van der Waals surface area contributed by atoms with E-state index in [9.17, 15) is 39.9 Å². The molecule has 13 heteroatoms. The zero-order chi connectivity index (χ0) is 24.6. The number of nitrogens with two attached hydrogens (primary N) is 2. The van der Waals surface area contributed by atoms with E-state index in [1.165, 1.54) is 6.07 Å². The zero-order valence-corrected chi connectivity index (χ0v) is 17.3. The van der Waals surface area contributed by atoms with E-state index in [1.54, 1.807) is 6.92 Å². The Bertz CT molecular complexity index is 1210. The lowest BCUT2D eigenvalue weighted by atomic mass is 9.51. The normalized spacial score (nSPS) is 35.3. The number of anilines is 1. The Morgan fingerprint density at radius 2 is 1.94 bits per heavy atom. The van der Waals surface area contributed by atoms with Crippen molar-refractivity contribution in [2.24, 2.45) is 28.6 Å². The van der Waals surface area contributed by atoms with Crippen LogP contribution < -0.4 is 16.4 Å². The molecule has 33 heavy (non-hydrogen) atoms. The molecule has 7 atom stereocenters. The van der Waals surface area contributed by atoms with Crippen molar-refractivity contribution in [3.05, 3.63) is 28.5 Å². The lowest BCUT2D eigenvalue weighted by Gasteiger charge is -2.56. The largest absolute Gasteiger partial charge is 0.508 e. The lowest BCUT2D eigenvalue weighted by molar-refractivity contribution is -0.209. The van der Waals surface area contributed by atoms with Crippen LogP contribution in [0.15, 0.2) is 22.5 Å². The van der Waals surface area contributed by atoms with Crippen molar-refractivity contribution in [1.29, 1.82) is 5.53 Å². The summed E-state index contributed by atoms with van der Waals surface area (Å²) in [5.41, 5.74) is 14.0. The van der Waals surface area contributed by atoms with Gasteiger partial charge in [-0.05, 0) is 17.5 Å². The summed E-state index contributed by atoms with van der Waals surface area (Å²) in [4.78, 5) is 40.5. The quantitative estimate of drug-likeness (QED) is 0.0887. The predicted molar refractivity (Wildman–Crippen MR) is 108 cm³/mol. The van der Waals surface area contributed by atoms with Crippen LogP contribution in [0.5, 0.6) is 5.75 Å². The number of aromatic hydroxyl groups is 1. The smallest absolute Gasteiger partial charge is 0.255 e. The fourth-order valence-corrected chi connectivity index (χ4v) is 5.77. The molecule has 3 aliphatic rings. The molecule has 0 saturated heterocycles. The number of hydrogen-bond donors (Lipinski definition) is 8. The van der Waals surface area contributed by atoms with Crippen LogP contribution in [-0.2, 0) is 9.59 Å². The summed E-state index contributed by atoms with van der Waals surface area (Å²) < 4.78 is 0. The van der Waals surface area contributed by atoms with Crippen LogP contribution in [0.3, 0.4) is 0 Å². The van der Waals surface area contributed by atoms with E-state index in [-0.39, 0.29) is 22.5 Å². The Morgan fingerprint density at radius 1 is 1.30 bits per heavy atom. The molecule has 0 bridgehead atoms. The van der Waals surface area contributed by atoms with E-state index < -0.39 is 82.5 Å². The Balaban J connectivity index is 1.97. The van der Waals surface area contributed by atoms with Gasteiger partial charge in [0.15, 0.2) is 33.7 Å². The minimum absolute atomic E-state index is 0.0190. The molecular formula is C20H22N5O8+. The molecule has 5 unspecified atom stereocenters. The second-order valence-corrected chi connectivity index (χ2v) is 8.66. The first kappa shape index (κ1) is 22.6. The van der Waals surface area contributed by atoms with Crippen molar-refractivity contribution >= 4 is 28.8 Å². The number of rotatable bonds is 2. The third-order valence-corrected chi connectivity index (χ3v) is 7.22. The maximum Gasteiger partial charge on any atom is 0.255 e. The van der Waals surface area contributed by atoms with E-state index in [1.807, 2.05) is 0 Å². The molecule has 4 rings (SSSR count). The number of phenolic OH excluding ortho intramolecular Hbond substituents is 1. The molecule has 13 nitrogen and oxygen atoms in total. The van der Waals surface area contributed by atoms with E-state index in [0.717, 1.165) is 0 Å². The number of amides is 1. The molecule has 1 fully saturated rings. The monoisotopic (exact) mass is 460 g/mol. The number of primary amides is 1. The predicted octanol–water partition coefficient (Wildman–Crippen LogP) is -0.959. The molecule has 1 aromatic rings. The summed E-state index contributed by atoms with van der Waals surface area (Å²) >= 11 is 0. The molecule has 1 amide bonds. The van der Waals surface area contributed by atoms with Gasteiger partial charge >= 0.3 is 0 Å². The van der Waals surface area contributed by atoms with Crippen molar-refractivity contribution in [2.75, 3.05) is 5.73 Å². The minimum atomic E-state index is -2.73. The SMILES string of the molecule is CC1c2c(N)cc(N=[N+]=N)c(O)c2C(=O)C2C1[C@H](O)C1CC(=O)C(C(N)=O)=C(O)C1(O)[C@@H]2O. The van der Waals surface area contributed by atoms with Crippen molar-refractivity contribution in [3.8, 4) is 5.75 Å². The number of carbonyl (C=O) groups excluding carboxylic acids is 3. The Morgan fingerprint density at radius 3 is 2.52 bits per heavy atom. The van der Waals surface area contributed by atoms with Crippen LogP contribution in [0.2, 0.25) is 0 Å². The second kappa shape index (κ2) is 7.18. The minimum Gasteiger partial charge on any atom is -0.508 e. The third-order valence-electron chi connectivity index (χ3n) is 7.22. The Kier molecular flexibility index (Phi) is 4.91. The highest BCUT2D eigenvalue weighted by molar-refractivity contribution is 6.20. The first-order valence-corrected chi connectivity index (χ1v) is 10.0. The van der Waals surface area contributed by atoms with Gasteiger partial charge in [0.25, 0.3) is 5.91 Å². The van der Waals surface area contributed by atoms with Crippen molar-refractivity contribution in [2.45, 2.75) is 37.1 Å². The first-order valence-electron chi connectivity index (χ1n) is 10.0. The first-order chi connectivity index (χ1) is 15.4. The molecule has 0 radical (unpaired) electrons. The molecule has 0 aliphatic heterocycles. The summed E-state index contributed by atoms with van der Waals surface area (Å²) in [7, 11) is 0. The van der Waals surface area contributed by atoms with Crippen molar-refractivity contribution in [3.63, 3.8) is 0 Å². The highest BCUT2D eigenvalue weighted by atomic mass is 16.4. The third kappa shape index (κ3) is 2.70. The maximum absolute atomic E-state index is 13.5. The molecule has 1 saturated carbocycles. The topological polar surface area (TPSA) is 255 Å². The summed E-state index contributed by atoms with van der Waals surface area (Å²) in [6.07, 6.45) is -4.29. The van der Waals surface area contributed by atoms with E-state index in [2.05, 4.69) is 10.0 Å². The Hall–Kier alpha value is -3.64. The number of benzene rings is 1. The summed E-state index contributed by atoms with van der Waals surface area (Å²) in [6, 6.07) is 1.20. The second-order valence-electron chi connectivity index (χ2n) is 8.66. The molecule has 0 aromatic heterocycles. The number of phenols is 1. The summed E-state index contributed by atoms with van der Waals surface area (Å²) in [5, 5.41) is 58.3. The zero-order valence-electron chi connectivity index (χ0n) is 17.3. The highest BCUT2D eigenvalue weighted by Gasteiger charge is 2.67. The number of hydrogen-bond acceptors (Lipinski definition) is 11. The van der Waals surface area contributed by atoms with E-state index in [0.29, 0.717) is 0 Å². The molecule has 1 aromatic carbocycles. The summed E-state index contributed by atoms with van der Waals surface area (Å²) in [5.74, 6) is -9.88. The van der Waals surface area contributed by atoms with Gasteiger partial charge in [-0.3, -0.25) is 14.4 Å². The maximum atomic E-state index is 13.5. The molecule has 0 heterocycles. The number of ketones is 2. The van der Waals surface area contributed by atoms with Crippen LogP contribution in [-0.4, -0.2) is 60.8 Å². The van der Waals surface area contributed by atoms with Gasteiger partial charge in [-0.1, -0.05) is 6.92 Å². The molecule has 174 valence electrons. The number of aliphatic hydroxyl groups is 4. The standard InChI is InChI=1S/C20H21N5O8/c1-4-9-6(21)3-7(24-25-23)15(28)12(9)16(29)13-10(4)14(27)5-2-8(26)11(19(22)32)17(30)20(5,33)18(13)31/h3-5,10,13-14,18,27,31,33H,2H2,1H3,(H6,21,22,23,24,26,30,32)/p+1/t4?,5?,10?,13?,14-,18-,20?/m1/s1. The Labute approximate surface area is 185 Å². The van der Waals surface area contributed by atoms with Crippen LogP contribution in [0.4, 0.5) is 11.4 Å². The van der Waals surface area contributed by atoms with Gasteiger partial charge in [-0.25, -0.2) is 0 Å². The number of aliphatic hydroxyl groups excluding tert-OH is 3. The number of carbonyl (C=O) groups is 3. The van der Waals surface area contributed by atoms with Crippen LogP contribution in [0.1, 0.15) is 35.2 Å². The van der Waals surface area contributed by atoms with Gasteiger partial charge in [-0.15, -0.1) is 0 Å². The van der Waals surface area contributed by atoms with Crippen LogP contribution in [0.25, 0.3) is 0 Å². The van der Waals surface area contributed by atoms with Gasteiger partial charge in [0, 0.05) is 23.9 Å². The number of fused-ring (bicyclic) bond motifs is 3. The van der Waals surface area contributed by atoms with Crippen molar-refractivity contribution in [1.82, 2.24) is 4.91 Å². The van der Waals surface area contributed by atoms with Gasteiger partial charge in [0.2, 0.25) is 4.91 Å². The van der Waals surface area contributed by atoms with Gasteiger partial charge in [0.1, 0.15) is 23.0 Å². The lowest BCUT2D eigenvalue weighted by Crippen LogP contribution is -2.69. The fraction of sp³-hybridized carbons (Fsp3) is 0.450. The number of nitrogen functional groups attached to an aromatic ring is 1. The number of nitrogens with zero attached hydrogens (tertiary/aromatic N) is 2. The number of Topliss-reactive ketones (excluding diaryl/α,β-unsaturated/α-hetero) is 2. The van der Waals surface area contributed by atoms with E-state index in [4.69, 9.17) is 17.0 Å². The fourth-order valence-electron chi connectivity index (χ4n) is 5.77. The van der Waals surface area contributed by atoms with Crippen LogP contribution >= 0.6 is 0 Å². The van der Waals surface area contributed by atoms with Gasteiger partial charge < -0.3 is 37.0 Å². The van der Waals surface area contributed by atoms with Crippen molar-refractivity contribution < 1.29 is 39.9 Å². The average molecular weight is 460 g/mol. The summed E-state index contributed by atoms with van der Waals surface area (Å²) in [6.45, 7) is 1.58. The van der Waals surface area contributed by atoms with Gasteiger partial charge in [-0.2, -0.15) is 0 Å². The number of nitrogens with one attached hydrogen (secondary N) is 1. The highest BCUT2D eigenvalue weighted by Crippen LogP contribution is 2.58. The molecular weight excluding hydrogens is 438 g/mol. The van der Waals surface area contributed by atoms with Gasteiger partial charge in [0.05, 0.1) is 17.6 Å².